The Bertz CT molecular complexity index is 2450. The number of carbonyl (C=O) groups excluding carboxylic acids is 4. The predicted molar refractivity (Wildman–Crippen MR) is 252 cm³/mol. The molecule has 14 heteroatoms. The molecule has 0 saturated carbocycles. The summed E-state index contributed by atoms with van der Waals surface area (Å²) in [5, 5.41) is 5.45. The zero-order valence-corrected chi connectivity index (χ0v) is 38.6. The molecule has 5 aromatic rings. The van der Waals surface area contributed by atoms with E-state index in [1.165, 1.54) is 47.6 Å². The van der Waals surface area contributed by atoms with E-state index >= 15 is 0 Å². The van der Waals surface area contributed by atoms with E-state index in [0.29, 0.717) is 24.9 Å². The number of likely N-dealkylation sites (tertiary alicyclic amines) is 2. The van der Waals surface area contributed by atoms with Gasteiger partial charge in [0.1, 0.15) is 23.7 Å². The Balaban J connectivity index is 0.924. The van der Waals surface area contributed by atoms with E-state index in [1.807, 2.05) is 49.9 Å². The molecule has 0 radical (unpaired) electrons. The molecule has 2 saturated heterocycles. The number of carbonyl (C=O) groups is 4. The number of ether oxygens (including phenoxy) is 2. The summed E-state index contributed by atoms with van der Waals surface area (Å²) in [6.07, 6.45) is 12.8. The van der Waals surface area contributed by atoms with Crippen molar-refractivity contribution in [2.24, 2.45) is 11.8 Å². The highest BCUT2D eigenvalue weighted by molar-refractivity contribution is 5.87. The highest BCUT2D eigenvalue weighted by atomic mass is 16.5. The third-order valence-corrected chi connectivity index (χ3v) is 14.1. The fourth-order valence-electron chi connectivity index (χ4n) is 10.6. The largest absolute Gasteiger partial charge is 0.453 e. The first-order valence-corrected chi connectivity index (χ1v) is 23.4. The van der Waals surface area contributed by atoms with Gasteiger partial charge in [0, 0.05) is 24.9 Å². The van der Waals surface area contributed by atoms with Gasteiger partial charge in [-0.25, -0.2) is 19.6 Å². The average Bonchev–Trinajstić information content (AvgIpc) is 4.20. The van der Waals surface area contributed by atoms with E-state index in [0.717, 1.165) is 72.7 Å². The van der Waals surface area contributed by atoms with Crippen molar-refractivity contribution >= 4 is 24.0 Å². The van der Waals surface area contributed by atoms with Gasteiger partial charge >= 0.3 is 12.2 Å². The van der Waals surface area contributed by atoms with Gasteiger partial charge in [-0.1, -0.05) is 101 Å². The van der Waals surface area contributed by atoms with Crippen molar-refractivity contribution in [1.29, 1.82) is 0 Å². The first-order valence-electron chi connectivity index (χ1n) is 23.4. The van der Waals surface area contributed by atoms with Gasteiger partial charge in [0.15, 0.2) is 0 Å². The molecule has 2 aliphatic heterocycles. The van der Waals surface area contributed by atoms with Crippen LogP contribution < -0.4 is 10.6 Å². The van der Waals surface area contributed by atoms with E-state index in [1.54, 1.807) is 0 Å². The molecule has 66 heavy (non-hydrogen) atoms. The molecule has 2 fully saturated rings. The van der Waals surface area contributed by atoms with E-state index < -0.39 is 24.3 Å². The number of amides is 4. The maximum atomic E-state index is 13.7. The topological polar surface area (TPSA) is 175 Å². The molecule has 6 atom stereocenters. The zero-order chi connectivity index (χ0) is 46.2. The minimum absolute atomic E-state index is 0.105. The average molecular weight is 893 g/mol. The number of alkyl carbamates (subject to hydrolysis) is 2. The van der Waals surface area contributed by atoms with Gasteiger partial charge in [-0.05, 0) is 94.9 Å². The molecule has 344 valence electrons. The lowest BCUT2D eigenvalue weighted by Crippen LogP contribution is -2.51. The fraction of sp³-hybridized carbons (Fsp3) is 0.423. The first kappa shape index (κ1) is 44.5. The van der Waals surface area contributed by atoms with Crippen LogP contribution >= 0.6 is 0 Å². The fourth-order valence-corrected chi connectivity index (χ4v) is 10.6. The molecule has 2 aromatic heterocycles. The number of methoxy groups -OCH3 is 2. The summed E-state index contributed by atoms with van der Waals surface area (Å²) in [7, 11) is 2.60. The molecule has 14 nitrogen and oxygen atoms in total. The van der Waals surface area contributed by atoms with E-state index in [-0.39, 0.29) is 35.7 Å². The Hall–Kier alpha value is -6.70. The Labute approximate surface area is 386 Å². The minimum Gasteiger partial charge on any atom is -0.453 e. The summed E-state index contributed by atoms with van der Waals surface area (Å²) < 4.78 is 9.60. The van der Waals surface area contributed by atoms with Crippen LogP contribution in [0.4, 0.5) is 9.59 Å². The van der Waals surface area contributed by atoms with Gasteiger partial charge in [0.05, 0.1) is 50.1 Å². The lowest BCUT2D eigenvalue weighted by molar-refractivity contribution is -0.136. The van der Waals surface area contributed by atoms with Crippen molar-refractivity contribution in [3.05, 3.63) is 108 Å². The normalized spacial score (nSPS) is 20.7. The summed E-state index contributed by atoms with van der Waals surface area (Å²) in [5.41, 5.74) is 11.5. The molecule has 4 heterocycles. The Morgan fingerprint density at radius 2 is 0.955 bits per heavy atom. The van der Waals surface area contributed by atoms with Crippen molar-refractivity contribution in [2.45, 2.75) is 102 Å². The molecule has 3 aliphatic carbocycles. The van der Waals surface area contributed by atoms with Gasteiger partial charge in [0.2, 0.25) is 11.8 Å². The Morgan fingerprint density at radius 3 is 1.30 bits per heavy atom. The SMILES string of the molecule is COC(=O)N[C@H](C(=O)N1CCC[C@H]1c1ncc(-c2ccc(-c3ccc(-c4ccc(-c5cnc([C@@H]6CCCN6C(=O)[C@H](NC(=O)OC)C(C)C)[nH]5)cc4)c4c3C3C=CC4CC3)cc2)[nH]1)C(C)C. The number of allylic oxidation sites excluding steroid dienone is 2. The summed E-state index contributed by atoms with van der Waals surface area (Å²) in [5.74, 6) is 1.71. The van der Waals surface area contributed by atoms with Crippen LogP contribution in [0.1, 0.15) is 113 Å². The quantitative estimate of drug-likeness (QED) is 0.0897. The van der Waals surface area contributed by atoms with E-state index in [9.17, 15) is 19.2 Å². The lowest BCUT2D eigenvalue weighted by Gasteiger charge is -2.37. The van der Waals surface area contributed by atoms with Crippen LogP contribution in [0.5, 0.6) is 0 Å². The molecule has 2 unspecified atom stereocenters. The van der Waals surface area contributed by atoms with Crippen LogP contribution in [0.3, 0.4) is 0 Å². The number of benzene rings is 3. The molecule has 2 bridgehead atoms. The van der Waals surface area contributed by atoms with Crippen molar-refractivity contribution in [3.8, 4) is 44.8 Å². The number of rotatable bonds is 12. The van der Waals surface area contributed by atoms with E-state index in [4.69, 9.17) is 19.4 Å². The van der Waals surface area contributed by atoms with Crippen molar-refractivity contribution in [1.82, 2.24) is 40.4 Å². The monoisotopic (exact) mass is 892 g/mol. The molecular weight excluding hydrogens is 833 g/mol. The summed E-state index contributed by atoms with van der Waals surface area (Å²) in [4.78, 5) is 71.7. The maximum Gasteiger partial charge on any atom is 0.407 e. The summed E-state index contributed by atoms with van der Waals surface area (Å²) in [6, 6.07) is 20.1. The van der Waals surface area contributed by atoms with Gasteiger partial charge in [-0.15, -0.1) is 0 Å². The molecule has 0 spiro atoms. The number of nitrogens with zero attached hydrogens (tertiary/aromatic N) is 4. The summed E-state index contributed by atoms with van der Waals surface area (Å²) >= 11 is 0. The zero-order valence-electron chi connectivity index (χ0n) is 38.6. The second-order valence-electron chi connectivity index (χ2n) is 18.8. The van der Waals surface area contributed by atoms with Crippen LogP contribution in [0.15, 0.2) is 85.2 Å². The lowest BCUT2D eigenvalue weighted by atomic mass is 9.67. The predicted octanol–water partition coefficient (Wildman–Crippen LogP) is 9.42. The van der Waals surface area contributed by atoms with Gasteiger partial charge in [-0.2, -0.15) is 0 Å². The van der Waals surface area contributed by atoms with Gasteiger partial charge < -0.3 is 39.9 Å². The van der Waals surface area contributed by atoms with Crippen molar-refractivity contribution < 1.29 is 28.7 Å². The molecule has 4 amide bonds. The van der Waals surface area contributed by atoms with Gasteiger partial charge in [0.25, 0.3) is 0 Å². The van der Waals surface area contributed by atoms with Crippen LogP contribution in [0, 0.1) is 11.8 Å². The second kappa shape index (κ2) is 18.7. The Kier molecular flexibility index (Phi) is 12.6. The number of fused-ring (bicyclic) bond motifs is 1. The third-order valence-electron chi connectivity index (χ3n) is 14.1. The van der Waals surface area contributed by atoms with Gasteiger partial charge in [-0.3, -0.25) is 9.59 Å². The summed E-state index contributed by atoms with van der Waals surface area (Å²) in [6.45, 7) is 8.86. The maximum absolute atomic E-state index is 13.7. The number of imidazole rings is 2. The highest BCUT2D eigenvalue weighted by Gasteiger charge is 2.39. The highest BCUT2D eigenvalue weighted by Crippen LogP contribution is 2.52. The Morgan fingerprint density at radius 1 is 0.576 bits per heavy atom. The van der Waals surface area contributed by atoms with E-state index in [2.05, 4.69) is 93.4 Å². The molecule has 5 aliphatic rings. The number of nitrogens with one attached hydrogen (secondary N) is 4. The number of aromatic nitrogens is 4. The molecule has 3 aromatic carbocycles. The van der Waals surface area contributed by atoms with Crippen LogP contribution in [0.2, 0.25) is 0 Å². The number of aromatic amines is 2. The van der Waals surface area contributed by atoms with Crippen LogP contribution in [-0.4, -0.2) is 93.1 Å². The number of H-pyrrole nitrogens is 2. The van der Waals surface area contributed by atoms with Crippen molar-refractivity contribution in [3.63, 3.8) is 0 Å². The minimum atomic E-state index is -0.687. The first-order chi connectivity index (χ1) is 31.9. The molecule has 4 N–H and O–H groups in total. The van der Waals surface area contributed by atoms with Crippen LogP contribution in [-0.2, 0) is 19.1 Å². The molecular formula is C52H60N8O6. The number of hydrogen-bond donors (Lipinski definition) is 4. The number of hydrogen-bond acceptors (Lipinski definition) is 8. The molecule has 10 rings (SSSR count). The smallest absolute Gasteiger partial charge is 0.407 e. The third kappa shape index (κ3) is 8.49. The van der Waals surface area contributed by atoms with Crippen molar-refractivity contribution in [2.75, 3.05) is 27.3 Å². The standard InChI is InChI=1S/C52H60N8O6/c1-29(2)45(57-51(63)65-5)49(61)59-25-7-9-41(59)47-53-27-39(55-47)33-15-11-31(12-16-33)37-23-24-38(44-36-21-19-35(20-22-36)43(37)44)32-13-17-34(18-14-32)40-28-54-48(56-40)42-10-8-26-60(42)50(62)46(30(3)4)58-52(64)66-6/h11-19,21,23-24,27-30,35-36,41-42,45-46H,7-10,20,22,25-26H2,1-6H3,(H,53,55)(H,54,56)(H,57,63)(H,58,64)/t35?,36?,41-,42-,45-,46+/m0/s1. The second-order valence-corrected chi connectivity index (χ2v) is 18.8. The van der Waals surface area contributed by atoms with Crippen LogP contribution in [0.25, 0.3) is 44.8 Å².